The van der Waals surface area contributed by atoms with E-state index in [1.165, 1.54) is 6.07 Å². The van der Waals surface area contributed by atoms with E-state index in [9.17, 15) is 4.39 Å². The lowest BCUT2D eigenvalue weighted by Crippen LogP contribution is -2.23. The van der Waals surface area contributed by atoms with Gasteiger partial charge in [-0.3, -0.25) is 0 Å². The first-order valence-electron chi connectivity index (χ1n) is 5.37. The Kier molecular flexibility index (Phi) is 5.74. The highest BCUT2D eigenvalue weighted by molar-refractivity contribution is 6.30. The van der Waals surface area contributed by atoms with Crippen LogP contribution in [0.15, 0.2) is 18.2 Å². The zero-order valence-corrected chi connectivity index (χ0v) is 10.2. The predicted molar refractivity (Wildman–Crippen MR) is 64.3 cm³/mol. The van der Waals surface area contributed by atoms with Crippen LogP contribution in [0, 0.1) is 5.82 Å². The third kappa shape index (κ3) is 4.47. The third-order valence-corrected chi connectivity index (χ3v) is 2.75. The van der Waals surface area contributed by atoms with E-state index >= 15 is 0 Å². The zero-order valence-electron chi connectivity index (χ0n) is 9.42. The molecule has 0 spiro atoms. The number of aliphatic hydroxyl groups excluding tert-OH is 1. The Morgan fingerprint density at radius 2 is 2.12 bits per heavy atom. The summed E-state index contributed by atoms with van der Waals surface area (Å²) in [5.41, 5.74) is 1.03. The highest BCUT2D eigenvalue weighted by Gasteiger charge is 2.02. The monoisotopic (exact) mass is 245 g/mol. The highest BCUT2D eigenvalue weighted by atomic mass is 35.5. The van der Waals surface area contributed by atoms with Gasteiger partial charge in [-0.1, -0.05) is 17.7 Å². The molecule has 0 radical (unpaired) electrons. The average molecular weight is 246 g/mol. The summed E-state index contributed by atoms with van der Waals surface area (Å²) in [5.74, 6) is -0.376. The van der Waals surface area contributed by atoms with Crippen LogP contribution < -0.4 is 0 Å². The Labute approximate surface area is 101 Å². The normalized spacial score (nSPS) is 11.1. The van der Waals surface area contributed by atoms with Crippen molar-refractivity contribution in [1.82, 2.24) is 4.90 Å². The largest absolute Gasteiger partial charge is 0.396 e. The second-order valence-electron chi connectivity index (χ2n) is 3.88. The van der Waals surface area contributed by atoms with E-state index in [1.807, 2.05) is 7.05 Å². The topological polar surface area (TPSA) is 23.5 Å². The van der Waals surface area contributed by atoms with Crippen molar-refractivity contribution in [2.75, 3.05) is 26.7 Å². The molecule has 1 aromatic rings. The van der Waals surface area contributed by atoms with Gasteiger partial charge < -0.3 is 10.0 Å². The molecule has 0 atom stereocenters. The quantitative estimate of drug-likeness (QED) is 0.832. The van der Waals surface area contributed by atoms with Crippen LogP contribution in [-0.2, 0) is 6.42 Å². The van der Waals surface area contributed by atoms with Gasteiger partial charge in [0.1, 0.15) is 5.82 Å². The fourth-order valence-corrected chi connectivity index (χ4v) is 1.67. The van der Waals surface area contributed by atoms with Gasteiger partial charge in [-0.2, -0.15) is 0 Å². The van der Waals surface area contributed by atoms with E-state index in [1.54, 1.807) is 12.1 Å². The van der Waals surface area contributed by atoms with Gasteiger partial charge in [0, 0.05) is 19.7 Å². The predicted octanol–water partition coefficient (Wildman–Crippen LogP) is 2.34. The maximum absolute atomic E-state index is 12.9. The number of hydrogen-bond acceptors (Lipinski definition) is 2. The summed E-state index contributed by atoms with van der Waals surface area (Å²) in [5, 5.41) is 8.86. The Morgan fingerprint density at radius 3 is 2.75 bits per heavy atom. The summed E-state index contributed by atoms with van der Waals surface area (Å²) in [6, 6.07) is 4.81. The standard InChI is InChI=1S/C12H17ClFNO/c1-15(6-2-8-16)7-5-10-3-4-12(14)11(13)9-10/h3-4,9,16H,2,5-8H2,1H3. The van der Waals surface area contributed by atoms with E-state index in [2.05, 4.69) is 4.90 Å². The molecular weight excluding hydrogens is 229 g/mol. The van der Waals surface area contributed by atoms with Crippen LogP contribution in [0.4, 0.5) is 4.39 Å². The van der Waals surface area contributed by atoms with E-state index in [4.69, 9.17) is 16.7 Å². The van der Waals surface area contributed by atoms with Crippen molar-refractivity contribution >= 4 is 11.6 Å². The van der Waals surface area contributed by atoms with Gasteiger partial charge in [0.2, 0.25) is 0 Å². The minimum absolute atomic E-state index is 0.176. The molecule has 0 unspecified atom stereocenters. The Bertz CT molecular complexity index is 333. The number of rotatable bonds is 6. The first-order chi connectivity index (χ1) is 7.63. The first-order valence-corrected chi connectivity index (χ1v) is 5.74. The molecule has 16 heavy (non-hydrogen) atoms. The third-order valence-electron chi connectivity index (χ3n) is 2.46. The number of halogens is 2. The molecule has 0 aromatic heterocycles. The maximum Gasteiger partial charge on any atom is 0.141 e. The molecule has 0 fully saturated rings. The Balaban J connectivity index is 2.39. The molecule has 0 amide bonds. The highest BCUT2D eigenvalue weighted by Crippen LogP contribution is 2.16. The Hall–Kier alpha value is -0.640. The molecule has 4 heteroatoms. The van der Waals surface area contributed by atoms with Crippen molar-refractivity contribution in [1.29, 1.82) is 0 Å². The summed E-state index contributed by atoms with van der Waals surface area (Å²) in [6.07, 6.45) is 1.61. The molecule has 1 rings (SSSR count). The van der Waals surface area contributed by atoms with Crippen molar-refractivity contribution in [2.45, 2.75) is 12.8 Å². The van der Waals surface area contributed by atoms with Crippen LogP contribution in [-0.4, -0.2) is 36.8 Å². The van der Waals surface area contributed by atoms with Crippen LogP contribution in [0.3, 0.4) is 0 Å². The lowest BCUT2D eigenvalue weighted by atomic mass is 10.1. The number of aliphatic hydroxyl groups is 1. The number of nitrogens with zero attached hydrogens (tertiary/aromatic N) is 1. The molecule has 1 N–H and O–H groups in total. The van der Waals surface area contributed by atoms with Crippen molar-refractivity contribution in [3.05, 3.63) is 34.6 Å². The fourth-order valence-electron chi connectivity index (χ4n) is 1.47. The van der Waals surface area contributed by atoms with Crippen molar-refractivity contribution in [3.63, 3.8) is 0 Å². The maximum atomic E-state index is 12.9. The molecule has 1 aromatic carbocycles. The molecule has 0 bridgehead atoms. The summed E-state index contributed by atoms with van der Waals surface area (Å²) in [6.45, 7) is 1.96. The molecule has 0 aliphatic heterocycles. The minimum atomic E-state index is -0.376. The zero-order chi connectivity index (χ0) is 12.0. The summed E-state index contributed by atoms with van der Waals surface area (Å²) in [7, 11) is 2.00. The van der Waals surface area contributed by atoms with Crippen LogP contribution in [0.5, 0.6) is 0 Å². The van der Waals surface area contributed by atoms with Crippen molar-refractivity contribution < 1.29 is 9.50 Å². The Morgan fingerprint density at radius 1 is 1.38 bits per heavy atom. The molecular formula is C12H17ClFNO. The molecule has 0 saturated carbocycles. The van der Waals surface area contributed by atoms with Crippen molar-refractivity contribution in [3.8, 4) is 0 Å². The first kappa shape index (κ1) is 13.4. The summed E-state index contributed by atoms with van der Waals surface area (Å²) >= 11 is 5.69. The van der Waals surface area contributed by atoms with Gasteiger partial charge >= 0.3 is 0 Å². The van der Waals surface area contributed by atoms with E-state index in [0.717, 1.165) is 31.5 Å². The molecule has 0 saturated heterocycles. The lowest BCUT2D eigenvalue weighted by Gasteiger charge is -2.15. The molecule has 90 valence electrons. The second-order valence-corrected chi connectivity index (χ2v) is 4.29. The fraction of sp³-hybridized carbons (Fsp3) is 0.500. The van der Waals surface area contributed by atoms with Gasteiger partial charge in [-0.05, 0) is 37.6 Å². The average Bonchev–Trinajstić information content (AvgIpc) is 2.28. The van der Waals surface area contributed by atoms with Crippen molar-refractivity contribution in [2.24, 2.45) is 0 Å². The number of hydrogen-bond donors (Lipinski definition) is 1. The molecule has 0 heterocycles. The van der Waals surface area contributed by atoms with Gasteiger partial charge in [-0.25, -0.2) is 4.39 Å². The molecule has 0 aliphatic carbocycles. The van der Waals surface area contributed by atoms with E-state index in [-0.39, 0.29) is 17.4 Å². The molecule has 0 aliphatic rings. The summed E-state index contributed by atoms with van der Waals surface area (Å²) in [4.78, 5) is 2.13. The van der Waals surface area contributed by atoms with Gasteiger partial charge in [0.25, 0.3) is 0 Å². The van der Waals surface area contributed by atoms with E-state index in [0.29, 0.717) is 0 Å². The van der Waals surface area contributed by atoms with Gasteiger partial charge in [-0.15, -0.1) is 0 Å². The number of benzene rings is 1. The SMILES string of the molecule is CN(CCCO)CCc1ccc(F)c(Cl)c1. The van der Waals surface area contributed by atoms with Crippen LogP contribution in [0.2, 0.25) is 5.02 Å². The molecule has 2 nitrogen and oxygen atoms in total. The van der Waals surface area contributed by atoms with Gasteiger partial charge in [0.15, 0.2) is 0 Å². The van der Waals surface area contributed by atoms with Crippen LogP contribution >= 0.6 is 11.6 Å². The minimum Gasteiger partial charge on any atom is -0.396 e. The van der Waals surface area contributed by atoms with Crippen LogP contribution in [0.1, 0.15) is 12.0 Å². The van der Waals surface area contributed by atoms with E-state index < -0.39 is 0 Å². The van der Waals surface area contributed by atoms with Crippen LogP contribution in [0.25, 0.3) is 0 Å². The van der Waals surface area contributed by atoms with Gasteiger partial charge in [0.05, 0.1) is 5.02 Å². The lowest BCUT2D eigenvalue weighted by molar-refractivity contribution is 0.248. The number of likely N-dealkylation sites (N-methyl/N-ethyl adjacent to an activating group) is 1. The summed E-state index contributed by atoms with van der Waals surface area (Å²) < 4.78 is 12.9. The second kappa shape index (κ2) is 6.84. The smallest absolute Gasteiger partial charge is 0.141 e.